The molecule has 1 unspecified atom stereocenters. The Balaban J connectivity index is 1.75. The van der Waals surface area contributed by atoms with Gasteiger partial charge in [0.2, 0.25) is 10.0 Å². The number of nitro groups is 1. The molecule has 0 bridgehead atoms. The van der Waals surface area contributed by atoms with Crippen molar-refractivity contribution in [1.29, 1.82) is 0 Å². The third kappa shape index (κ3) is 8.69. The number of hydrogen-bond acceptors (Lipinski definition) is 10. The molecule has 1 N–H and O–H groups in total. The second-order valence-electron chi connectivity index (χ2n) is 7.98. The molecular formula is C23H24BN3O9S. The minimum atomic E-state index is -4.30. The quantitative estimate of drug-likeness (QED) is 0.163. The number of non-ortho nitro benzene ring substituents is 1. The van der Waals surface area contributed by atoms with Crippen molar-refractivity contribution in [1.82, 2.24) is 9.62 Å². The summed E-state index contributed by atoms with van der Waals surface area (Å²) in [5.41, 5.74) is 0.681. The highest BCUT2D eigenvalue weighted by Gasteiger charge is 2.41. The highest BCUT2D eigenvalue weighted by molar-refractivity contribution is 7.89. The van der Waals surface area contributed by atoms with Gasteiger partial charge in [-0.3, -0.25) is 24.6 Å². The van der Waals surface area contributed by atoms with E-state index in [1.165, 1.54) is 11.9 Å². The fourth-order valence-corrected chi connectivity index (χ4v) is 4.33. The van der Waals surface area contributed by atoms with Gasteiger partial charge in [0.05, 0.1) is 36.1 Å². The molecule has 3 rings (SSSR count). The van der Waals surface area contributed by atoms with E-state index in [9.17, 15) is 28.1 Å². The van der Waals surface area contributed by atoms with Crippen LogP contribution in [0.3, 0.4) is 0 Å². The molecule has 37 heavy (non-hydrogen) atoms. The Bertz CT molecular complexity index is 1260. The molecule has 0 amide bonds. The van der Waals surface area contributed by atoms with Gasteiger partial charge in [-0.25, -0.2) is 8.42 Å². The van der Waals surface area contributed by atoms with Crippen LogP contribution >= 0.6 is 0 Å². The first-order chi connectivity index (χ1) is 17.6. The second-order valence-corrected chi connectivity index (χ2v) is 9.69. The maximum Gasteiger partial charge on any atom is 0.631 e. The second kappa shape index (κ2) is 13.0. The lowest BCUT2D eigenvalue weighted by Gasteiger charge is -2.25. The number of nitrogens with zero attached hydrogens (tertiary/aromatic N) is 2. The van der Waals surface area contributed by atoms with Crippen molar-refractivity contribution >= 4 is 34.8 Å². The number of hydrogen-bond donors (Lipinski definition) is 1. The van der Waals surface area contributed by atoms with E-state index in [1.54, 1.807) is 0 Å². The summed E-state index contributed by atoms with van der Waals surface area (Å²) in [4.78, 5) is 35.7. The van der Waals surface area contributed by atoms with Gasteiger partial charge in [-0.05, 0) is 24.7 Å². The molecule has 0 saturated carbocycles. The molecule has 14 heteroatoms. The molecule has 0 spiro atoms. The predicted octanol–water partition coefficient (Wildman–Crippen LogP) is 0.911. The van der Waals surface area contributed by atoms with E-state index < -0.39 is 39.9 Å². The summed E-state index contributed by atoms with van der Waals surface area (Å²) in [6, 6.07) is 13.6. The topological polar surface area (TPSA) is 154 Å². The zero-order valence-electron chi connectivity index (χ0n) is 19.9. The summed E-state index contributed by atoms with van der Waals surface area (Å²) < 4.78 is 44.1. The summed E-state index contributed by atoms with van der Waals surface area (Å²) in [6.07, 6.45) is 0.208. The van der Waals surface area contributed by atoms with Gasteiger partial charge in [0, 0.05) is 18.6 Å². The molecule has 1 atom stereocenters. The molecule has 1 heterocycles. The van der Waals surface area contributed by atoms with Crippen LogP contribution in [0.4, 0.5) is 5.69 Å². The summed E-state index contributed by atoms with van der Waals surface area (Å²) >= 11 is 0. The smallest absolute Gasteiger partial charge is 0.497 e. The standard InChI is InChI=1S/C23H24BN3O9S/c1-26-15-22(28)35-24(36-23(29)16-26)21(9-5-6-14-34-17-18-7-3-2-4-8-18)25-37(32,33)20-12-10-19(11-13-20)27(30)31/h2-4,7-8,10-13,21,25H,6,14-17H2,1H3. The minimum Gasteiger partial charge on any atom is -0.497 e. The maximum atomic E-state index is 13.0. The fourth-order valence-electron chi connectivity index (χ4n) is 3.20. The Labute approximate surface area is 214 Å². The lowest BCUT2D eigenvalue weighted by atomic mass is 9.78. The normalized spacial score (nSPS) is 15.4. The number of sulfonamides is 1. The van der Waals surface area contributed by atoms with Gasteiger partial charge >= 0.3 is 19.1 Å². The van der Waals surface area contributed by atoms with Gasteiger partial charge < -0.3 is 14.0 Å². The van der Waals surface area contributed by atoms with Crippen LogP contribution in [0.25, 0.3) is 0 Å². The van der Waals surface area contributed by atoms with E-state index in [-0.39, 0.29) is 36.7 Å². The van der Waals surface area contributed by atoms with Gasteiger partial charge in [0.15, 0.2) is 0 Å². The third-order valence-electron chi connectivity index (χ3n) is 4.95. The summed E-state index contributed by atoms with van der Waals surface area (Å²) in [5, 5.41) is 10.9. The molecule has 1 aliphatic heterocycles. The highest BCUT2D eigenvalue weighted by atomic mass is 32.2. The van der Waals surface area contributed by atoms with Crippen molar-refractivity contribution in [3.8, 4) is 11.8 Å². The minimum absolute atomic E-state index is 0.208. The molecule has 0 aromatic heterocycles. The molecule has 2 aromatic carbocycles. The molecule has 1 fully saturated rings. The van der Waals surface area contributed by atoms with E-state index in [0.717, 1.165) is 29.8 Å². The Kier molecular flexibility index (Phi) is 9.75. The van der Waals surface area contributed by atoms with Crippen LogP contribution in [0.15, 0.2) is 59.5 Å². The first kappa shape index (κ1) is 27.8. The Morgan fingerprint density at radius 1 is 1.11 bits per heavy atom. The van der Waals surface area contributed by atoms with Gasteiger partial charge in [0.25, 0.3) is 5.69 Å². The number of rotatable bonds is 9. The van der Waals surface area contributed by atoms with Gasteiger partial charge in [-0.1, -0.05) is 42.2 Å². The Morgan fingerprint density at radius 2 is 1.73 bits per heavy atom. The average molecular weight is 529 g/mol. The zero-order chi connectivity index (χ0) is 26.8. The highest BCUT2D eigenvalue weighted by Crippen LogP contribution is 2.17. The molecule has 194 valence electrons. The first-order valence-electron chi connectivity index (χ1n) is 11.1. The molecular weight excluding hydrogens is 505 g/mol. The van der Waals surface area contributed by atoms with E-state index in [2.05, 4.69) is 16.6 Å². The number of benzene rings is 2. The van der Waals surface area contributed by atoms with Crippen molar-refractivity contribution < 1.29 is 37.0 Å². The largest absolute Gasteiger partial charge is 0.631 e. The third-order valence-corrected chi connectivity index (χ3v) is 6.40. The van der Waals surface area contributed by atoms with Gasteiger partial charge in [0.1, 0.15) is 5.94 Å². The van der Waals surface area contributed by atoms with E-state index >= 15 is 0 Å². The molecule has 0 radical (unpaired) electrons. The lowest BCUT2D eigenvalue weighted by Crippen LogP contribution is -2.53. The van der Waals surface area contributed by atoms with E-state index in [1.807, 2.05) is 30.3 Å². The van der Waals surface area contributed by atoms with Gasteiger partial charge in [-0.2, -0.15) is 4.72 Å². The van der Waals surface area contributed by atoms with Crippen molar-refractivity contribution in [2.45, 2.75) is 23.9 Å². The number of carbonyl (C=O) groups excluding carboxylic acids is 2. The molecule has 0 aliphatic carbocycles. The van der Waals surface area contributed by atoms with Crippen LogP contribution in [-0.2, 0) is 40.3 Å². The monoisotopic (exact) mass is 529 g/mol. The molecule has 2 aromatic rings. The summed E-state index contributed by atoms with van der Waals surface area (Å²) in [5.74, 6) is 2.47. The number of likely N-dealkylation sites (N-methyl/N-ethyl adjacent to an activating group) is 1. The van der Waals surface area contributed by atoms with Crippen LogP contribution in [0.2, 0.25) is 0 Å². The number of nitrogens with one attached hydrogen (secondary N) is 1. The lowest BCUT2D eigenvalue weighted by molar-refractivity contribution is -0.384. The van der Waals surface area contributed by atoms with E-state index in [4.69, 9.17) is 14.0 Å². The van der Waals surface area contributed by atoms with Crippen LogP contribution < -0.4 is 4.72 Å². The zero-order valence-corrected chi connectivity index (χ0v) is 20.7. The van der Waals surface area contributed by atoms with Crippen molar-refractivity contribution in [3.05, 3.63) is 70.3 Å². The summed E-state index contributed by atoms with van der Waals surface area (Å²) in [6.45, 7) is 0.172. The van der Waals surface area contributed by atoms with Crippen molar-refractivity contribution in [2.24, 2.45) is 0 Å². The Hall–Kier alpha value is -3.77. The van der Waals surface area contributed by atoms with Crippen LogP contribution in [0.1, 0.15) is 12.0 Å². The number of carbonyl (C=O) groups is 2. The Morgan fingerprint density at radius 3 is 2.32 bits per heavy atom. The van der Waals surface area contributed by atoms with Gasteiger partial charge in [-0.15, -0.1) is 0 Å². The van der Waals surface area contributed by atoms with Crippen LogP contribution in [0, 0.1) is 22.0 Å². The van der Waals surface area contributed by atoms with Crippen molar-refractivity contribution in [3.63, 3.8) is 0 Å². The SMILES string of the molecule is CN1CC(=O)OB(C(C#CCCOCc2ccccc2)NS(=O)(=O)c2ccc([N+](=O)[O-])cc2)OC(=O)C1. The predicted molar refractivity (Wildman–Crippen MR) is 131 cm³/mol. The van der Waals surface area contributed by atoms with Crippen LogP contribution in [0.5, 0.6) is 0 Å². The molecule has 12 nitrogen and oxygen atoms in total. The first-order valence-corrected chi connectivity index (χ1v) is 12.6. The molecule has 1 aliphatic rings. The van der Waals surface area contributed by atoms with Crippen molar-refractivity contribution in [2.75, 3.05) is 26.7 Å². The average Bonchev–Trinajstić information content (AvgIpc) is 2.84. The number of nitro benzene ring substituents is 1. The van der Waals surface area contributed by atoms with E-state index in [0.29, 0.717) is 6.61 Å². The fraction of sp³-hybridized carbons (Fsp3) is 0.304. The maximum absolute atomic E-state index is 13.0. The van der Waals surface area contributed by atoms with Crippen LogP contribution in [-0.4, -0.2) is 70.0 Å². The number of ether oxygens (including phenoxy) is 1. The summed E-state index contributed by atoms with van der Waals surface area (Å²) in [7, 11) is -4.43. The molecule has 1 saturated heterocycles.